The minimum absolute atomic E-state index is 0. The molecule has 0 fully saturated rings. The number of hydrogen-bond donors (Lipinski definition) is 0. The Balaban J connectivity index is 0.00000368. The summed E-state index contributed by atoms with van der Waals surface area (Å²) >= 11 is 0. The molecule has 6 rings (SSSR count). The Hall–Kier alpha value is -4.33. The second-order valence-electron chi connectivity index (χ2n) is 12.4. The molecule has 7 heteroatoms. The van der Waals surface area contributed by atoms with E-state index < -0.39 is 0 Å². The molecule has 6 nitrogen and oxygen atoms in total. The number of benzene rings is 3. The molecule has 0 amide bonds. The summed E-state index contributed by atoms with van der Waals surface area (Å²) in [4.78, 5) is 17.6. The first-order chi connectivity index (χ1) is 20.0. The first kappa shape index (κ1) is 30.1. The Kier molecular flexibility index (Phi) is 7.99. The maximum atomic E-state index is 7.67. The average molecular weight is 745 g/mol. The van der Waals surface area contributed by atoms with Crippen LogP contribution in [-0.2, 0) is 31.9 Å². The van der Waals surface area contributed by atoms with E-state index in [0.29, 0.717) is 28.6 Å². The van der Waals surface area contributed by atoms with E-state index in [9.17, 15) is 0 Å². The van der Waals surface area contributed by atoms with Gasteiger partial charge in [-0.2, -0.15) is 6.07 Å². The molecule has 0 radical (unpaired) electrons. The second kappa shape index (κ2) is 11.4. The molecule has 0 aliphatic carbocycles. The Morgan fingerprint density at radius 2 is 1.56 bits per heavy atom. The molecule has 216 valence electrons. The van der Waals surface area contributed by atoms with E-state index in [2.05, 4.69) is 92.3 Å². The summed E-state index contributed by atoms with van der Waals surface area (Å²) in [5, 5.41) is 2.16. The molecular formula is C36H31N5OPt. The van der Waals surface area contributed by atoms with Gasteiger partial charge in [-0.1, -0.05) is 77.4 Å². The molecule has 0 N–H and O–H groups in total. The zero-order chi connectivity index (χ0) is 29.6. The average Bonchev–Trinajstić information content (AvgIpc) is 3.30. The normalized spacial score (nSPS) is 11.7. The topological polar surface area (TPSA) is 57.2 Å². The van der Waals surface area contributed by atoms with Crippen molar-refractivity contribution in [3.63, 3.8) is 0 Å². The SMILES string of the molecule is [C-]#[N+]c1cc(Oc2[c-]c3c(cc2)c2ccccc2n3-c2cc(C(C)(C)C)ccn2)[c-]c(-c2nccc(C(C)(C)C)n2)c1.[Pt+2]. The molecule has 3 heterocycles. The van der Waals surface area contributed by atoms with Gasteiger partial charge >= 0.3 is 21.1 Å². The van der Waals surface area contributed by atoms with E-state index in [-0.39, 0.29) is 31.9 Å². The number of hydrogen-bond acceptors (Lipinski definition) is 4. The predicted molar refractivity (Wildman–Crippen MR) is 167 cm³/mol. The van der Waals surface area contributed by atoms with E-state index in [4.69, 9.17) is 21.3 Å². The molecule has 3 aromatic heterocycles. The molecule has 0 saturated heterocycles. The van der Waals surface area contributed by atoms with Crippen molar-refractivity contribution in [3.05, 3.63) is 114 Å². The van der Waals surface area contributed by atoms with Gasteiger partial charge in [0.15, 0.2) is 0 Å². The van der Waals surface area contributed by atoms with Gasteiger partial charge in [-0.25, -0.2) is 4.98 Å². The van der Waals surface area contributed by atoms with Crippen LogP contribution >= 0.6 is 0 Å². The Bertz CT molecular complexity index is 2010. The summed E-state index contributed by atoms with van der Waals surface area (Å²) in [5.74, 6) is 2.23. The van der Waals surface area contributed by atoms with Gasteiger partial charge in [0.25, 0.3) is 0 Å². The standard InChI is InChI=1S/C36H31N5O.Pt/c1-35(2,3)24-14-16-38-33(20-24)41-30-11-9-8-10-28(30)29-13-12-26(22-31(29)41)42-27-19-23(18-25(21-27)37-7)34-39-17-15-32(40-34)36(4,5)6;/h8-18,20-21H,1-6H3;/q-2;+2. The van der Waals surface area contributed by atoms with E-state index in [1.807, 2.05) is 36.5 Å². The summed E-state index contributed by atoms with van der Waals surface area (Å²) in [7, 11) is 0. The largest absolute Gasteiger partial charge is 2.00 e. The van der Waals surface area contributed by atoms with Crippen molar-refractivity contribution in [1.82, 2.24) is 19.5 Å². The molecule has 0 bridgehead atoms. The molecule has 0 atom stereocenters. The van der Waals surface area contributed by atoms with Gasteiger partial charge in [0.05, 0.1) is 12.4 Å². The number of ether oxygens (including phenoxy) is 1. The van der Waals surface area contributed by atoms with Crippen LogP contribution in [0.2, 0.25) is 0 Å². The fourth-order valence-electron chi connectivity index (χ4n) is 4.97. The molecule has 6 aromatic rings. The van der Waals surface area contributed by atoms with Crippen LogP contribution in [0.5, 0.6) is 11.5 Å². The molecule has 43 heavy (non-hydrogen) atoms. The third-order valence-corrected chi connectivity index (χ3v) is 7.24. The van der Waals surface area contributed by atoms with Crippen molar-refractivity contribution in [1.29, 1.82) is 0 Å². The van der Waals surface area contributed by atoms with Crippen molar-refractivity contribution in [2.75, 3.05) is 0 Å². The van der Waals surface area contributed by atoms with Crippen LogP contribution in [0.4, 0.5) is 5.69 Å². The van der Waals surface area contributed by atoms with Crippen LogP contribution in [0.15, 0.2) is 79.1 Å². The Morgan fingerprint density at radius 3 is 2.30 bits per heavy atom. The monoisotopic (exact) mass is 744 g/mol. The maximum Gasteiger partial charge on any atom is 2.00 e. The smallest absolute Gasteiger partial charge is 0.504 e. The molecular weight excluding hydrogens is 714 g/mol. The summed E-state index contributed by atoms with van der Waals surface area (Å²) < 4.78 is 8.44. The molecule has 0 unspecified atom stereocenters. The van der Waals surface area contributed by atoms with Crippen LogP contribution in [-0.4, -0.2) is 19.5 Å². The third-order valence-electron chi connectivity index (χ3n) is 7.24. The van der Waals surface area contributed by atoms with Crippen molar-refractivity contribution >= 4 is 27.5 Å². The predicted octanol–water partition coefficient (Wildman–Crippen LogP) is 9.17. The van der Waals surface area contributed by atoms with E-state index in [0.717, 1.165) is 33.3 Å². The molecule has 0 aliphatic rings. The summed E-state index contributed by atoms with van der Waals surface area (Å²) in [5.41, 5.74) is 4.86. The number of nitrogens with zero attached hydrogens (tertiary/aromatic N) is 5. The van der Waals surface area contributed by atoms with Gasteiger partial charge in [0.1, 0.15) is 11.5 Å². The minimum Gasteiger partial charge on any atom is -0.504 e. The van der Waals surface area contributed by atoms with Gasteiger partial charge in [0.2, 0.25) is 0 Å². The van der Waals surface area contributed by atoms with Gasteiger partial charge < -0.3 is 9.30 Å². The van der Waals surface area contributed by atoms with Gasteiger partial charge in [-0.15, -0.1) is 29.1 Å². The second-order valence-corrected chi connectivity index (χ2v) is 12.4. The first-order valence-corrected chi connectivity index (χ1v) is 13.9. The Labute approximate surface area is 266 Å². The zero-order valence-corrected chi connectivity index (χ0v) is 27.2. The Morgan fingerprint density at radius 1 is 0.791 bits per heavy atom. The van der Waals surface area contributed by atoms with Crippen LogP contribution < -0.4 is 4.74 Å². The van der Waals surface area contributed by atoms with Crippen molar-refractivity contribution in [2.24, 2.45) is 0 Å². The van der Waals surface area contributed by atoms with Crippen LogP contribution in [0.3, 0.4) is 0 Å². The molecule has 3 aromatic carbocycles. The van der Waals surface area contributed by atoms with Crippen LogP contribution in [0, 0.1) is 18.7 Å². The van der Waals surface area contributed by atoms with Crippen molar-refractivity contribution in [3.8, 4) is 28.7 Å². The number of aromatic nitrogens is 4. The van der Waals surface area contributed by atoms with Crippen molar-refractivity contribution in [2.45, 2.75) is 52.4 Å². The number of fused-ring (bicyclic) bond motifs is 3. The fourth-order valence-corrected chi connectivity index (χ4v) is 4.97. The van der Waals surface area contributed by atoms with E-state index in [1.165, 1.54) is 5.56 Å². The summed E-state index contributed by atoms with van der Waals surface area (Å²) in [6, 6.07) is 28.5. The van der Waals surface area contributed by atoms with E-state index in [1.54, 1.807) is 18.3 Å². The van der Waals surface area contributed by atoms with Gasteiger partial charge in [-0.3, -0.25) is 14.8 Å². The number of pyridine rings is 1. The quantitative estimate of drug-likeness (QED) is 0.169. The summed E-state index contributed by atoms with van der Waals surface area (Å²) in [6.45, 7) is 20.6. The maximum absolute atomic E-state index is 7.67. The number of para-hydroxylation sites is 1. The molecule has 0 saturated carbocycles. The van der Waals surface area contributed by atoms with Gasteiger partial charge in [0, 0.05) is 40.5 Å². The minimum atomic E-state index is -0.140. The third kappa shape index (κ3) is 5.96. The van der Waals surface area contributed by atoms with Crippen LogP contribution in [0.25, 0.3) is 43.9 Å². The zero-order valence-electron chi connectivity index (χ0n) is 25.0. The fraction of sp³-hybridized carbons (Fsp3) is 0.222. The molecule has 0 aliphatic heterocycles. The number of rotatable bonds is 4. The van der Waals surface area contributed by atoms with Crippen LogP contribution in [0.1, 0.15) is 52.8 Å². The van der Waals surface area contributed by atoms with Crippen molar-refractivity contribution < 1.29 is 25.8 Å². The molecule has 0 spiro atoms. The summed E-state index contributed by atoms with van der Waals surface area (Å²) in [6.07, 6.45) is 3.60. The van der Waals surface area contributed by atoms with E-state index >= 15 is 0 Å². The first-order valence-electron chi connectivity index (χ1n) is 13.9. The van der Waals surface area contributed by atoms with Gasteiger partial charge in [-0.05, 0) is 40.6 Å².